The van der Waals surface area contributed by atoms with Gasteiger partial charge in [0.25, 0.3) is 0 Å². The monoisotopic (exact) mass is 365 g/mol. The Bertz CT molecular complexity index is 694. The van der Waals surface area contributed by atoms with E-state index in [1.165, 1.54) is 11.8 Å². The van der Waals surface area contributed by atoms with Crippen LogP contribution < -0.4 is 11.1 Å². The molecule has 8 nitrogen and oxygen atoms in total. The van der Waals surface area contributed by atoms with Gasteiger partial charge >= 0.3 is 11.9 Å². The predicted octanol–water partition coefficient (Wildman–Crippen LogP) is 0.490. The fourth-order valence-corrected chi connectivity index (χ4v) is 3.54. The number of benzene rings is 1. The molecular formula is C16H19N3O5S. The van der Waals surface area contributed by atoms with Gasteiger partial charge in [-0.1, -0.05) is 37.3 Å². The molecule has 0 saturated carbocycles. The SMILES string of the molecule is CC1CSC(C(N)C(=O)NC(C(=O)O)c2ccccc2)N=C1C(=O)O. The molecule has 134 valence electrons. The fraction of sp³-hybridized carbons (Fsp3) is 0.375. The number of aliphatic imine (C=N–C) groups is 1. The van der Waals surface area contributed by atoms with Gasteiger partial charge in [-0.2, -0.15) is 0 Å². The molecule has 5 N–H and O–H groups in total. The highest BCUT2D eigenvalue weighted by atomic mass is 32.2. The zero-order valence-electron chi connectivity index (χ0n) is 13.5. The Morgan fingerprint density at radius 2 is 1.92 bits per heavy atom. The molecule has 0 fully saturated rings. The second-order valence-electron chi connectivity index (χ2n) is 5.66. The zero-order valence-corrected chi connectivity index (χ0v) is 14.3. The number of aliphatic carboxylic acids is 2. The van der Waals surface area contributed by atoms with E-state index < -0.39 is 35.3 Å². The van der Waals surface area contributed by atoms with E-state index >= 15 is 0 Å². The number of amides is 1. The normalized spacial score (nSPS) is 22.4. The van der Waals surface area contributed by atoms with Crippen molar-refractivity contribution in [2.45, 2.75) is 24.4 Å². The molecule has 2 rings (SSSR count). The van der Waals surface area contributed by atoms with E-state index in [0.717, 1.165) is 0 Å². The van der Waals surface area contributed by atoms with Crippen LogP contribution >= 0.6 is 11.8 Å². The first-order valence-corrected chi connectivity index (χ1v) is 8.62. The topological polar surface area (TPSA) is 142 Å². The van der Waals surface area contributed by atoms with Crippen LogP contribution in [-0.4, -0.2) is 50.9 Å². The van der Waals surface area contributed by atoms with E-state index in [4.69, 9.17) is 10.8 Å². The minimum absolute atomic E-state index is 0.0233. The Morgan fingerprint density at radius 1 is 1.28 bits per heavy atom. The molecule has 4 unspecified atom stereocenters. The van der Waals surface area contributed by atoms with Gasteiger partial charge < -0.3 is 21.3 Å². The number of nitrogens with one attached hydrogen (secondary N) is 1. The second kappa shape index (κ2) is 8.13. The average molecular weight is 365 g/mol. The summed E-state index contributed by atoms with van der Waals surface area (Å²) >= 11 is 1.28. The van der Waals surface area contributed by atoms with Gasteiger partial charge in [0, 0.05) is 11.7 Å². The Hall–Kier alpha value is -2.39. The van der Waals surface area contributed by atoms with Crippen molar-refractivity contribution in [3.8, 4) is 0 Å². The number of carboxylic acids is 2. The van der Waals surface area contributed by atoms with Gasteiger partial charge in [-0.05, 0) is 5.56 Å². The minimum Gasteiger partial charge on any atom is -0.479 e. The van der Waals surface area contributed by atoms with Crippen LogP contribution in [0.3, 0.4) is 0 Å². The Labute approximate surface area is 148 Å². The number of hydrogen-bond donors (Lipinski definition) is 4. The van der Waals surface area contributed by atoms with Crippen molar-refractivity contribution in [2.24, 2.45) is 16.6 Å². The van der Waals surface area contributed by atoms with Crippen LogP contribution in [0, 0.1) is 5.92 Å². The Balaban J connectivity index is 2.14. The average Bonchev–Trinajstić information content (AvgIpc) is 2.59. The van der Waals surface area contributed by atoms with Gasteiger partial charge in [0.05, 0.1) is 0 Å². The van der Waals surface area contributed by atoms with Crippen LogP contribution in [0.4, 0.5) is 0 Å². The van der Waals surface area contributed by atoms with Gasteiger partial charge in [-0.15, -0.1) is 11.8 Å². The maximum absolute atomic E-state index is 12.4. The van der Waals surface area contributed by atoms with Gasteiger partial charge in [0.1, 0.15) is 17.1 Å². The van der Waals surface area contributed by atoms with Crippen molar-refractivity contribution >= 4 is 35.3 Å². The molecule has 0 saturated heterocycles. The number of rotatable bonds is 6. The summed E-state index contributed by atoms with van der Waals surface area (Å²) in [6.45, 7) is 1.73. The third-order valence-electron chi connectivity index (χ3n) is 3.75. The molecule has 1 amide bonds. The van der Waals surface area contributed by atoms with Crippen molar-refractivity contribution in [2.75, 3.05) is 5.75 Å². The first-order valence-electron chi connectivity index (χ1n) is 7.57. The van der Waals surface area contributed by atoms with Crippen LogP contribution in [0.1, 0.15) is 18.5 Å². The largest absolute Gasteiger partial charge is 0.479 e. The van der Waals surface area contributed by atoms with Gasteiger partial charge in [0.2, 0.25) is 5.91 Å². The summed E-state index contributed by atoms with van der Waals surface area (Å²) in [5, 5.41) is 20.1. The molecule has 0 spiro atoms. The molecule has 1 heterocycles. The molecule has 1 aromatic rings. The van der Waals surface area contributed by atoms with Gasteiger partial charge in [-0.25, -0.2) is 9.59 Å². The molecular weight excluding hydrogens is 346 g/mol. The lowest BCUT2D eigenvalue weighted by molar-refractivity contribution is -0.142. The Morgan fingerprint density at radius 3 is 2.48 bits per heavy atom. The van der Waals surface area contributed by atoms with Crippen LogP contribution in [0.25, 0.3) is 0 Å². The zero-order chi connectivity index (χ0) is 18.6. The van der Waals surface area contributed by atoms with Gasteiger partial charge in [-0.3, -0.25) is 9.79 Å². The van der Waals surface area contributed by atoms with Crippen molar-refractivity contribution in [1.82, 2.24) is 5.32 Å². The van der Waals surface area contributed by atoms with Crippen LogP contribution in [-0.2, 0) is 14.4 Å². The van der Waals surface area contributed by atoms with E-state index in [0.29, 0.717) is 11.3 Å². The highest BCUT2D eigenvalue weighted by Crippen LogP contribution is 2.26. The highest BCUT2D eigenvalue weighted by Gasteiger charge is 2.34. The third kappa shape index (κ3) is 4.58. The molecule has 9 heteroatoms. The van der Waals surface area contributed by atoms with E-state index in [9.17, 15) is 19.5 Å². The van der Waals surface area contributed by atoms with Crippen molar-refractivity contribution in [3.63, 3.8) is 0 Å². The smallest absolute Gasteiger partial charge is 0.350 e. The number of carboxylic acid groups (broad SMARTS) is 2. The molecule has 1 aliphatic rings. The Kier molecular flexibility index (Phi) is 6.16. The summed E-state index contributed by atoms with van der Waals surface area (Å²) in [5.41, 5.74) is 6.29. The maximum atomic E-state index is 12.4. The summed E-state index contributed by atoms with van der Waals surface area (Å²) in [6.07, 6.45) is 0. The van der Waals surface area contributed by atoms with Crippen LogP contribution in [0.15, 0.2) is 35.3 Å². The number of nitrogens with zero attached hydrogens (tertiary/aromatic N) is 1. The number of carbonyl (C=O) groups excluding carboxylic acids is 1. The quantitative estimate of drug-likeness (QED) is 0.574. The van der Waals surface area contributed by atoms with E-state index in [2.05, 4.69) is 10.3 Å². The molecule has 25 heavy (non-hydrogen) atoms. The number of nitrogens with two attached hydrogens (primary N) is 1. The summed E-state index contributed by atoms with van der Waals surface area (Å²) in [7, 11) is 0. The second-order valence-corrected chi connectivity index (χ2v) is 6.81. The first-order chi connectivity index (χ1) is 11.8. The molecule has 1 aliphatic heterocycles. The lowest BCUT2D eigenvalue weighted by atomic mass is 10.1. The number of hydrogen-bond acceptors (Lipinski definition) is 6. The number of thioether (sulfide) groups is 1. The highest BCUT2D eigenvalue weighted by molar-refractivity contribution is 8.00. The fourth-order valence-electron chi connectivity index (χ4n) is 2.37. The standard InChI is InChI=1S/C16H19N3O5S/c1-8-7-25-14(19-11(8)15(21)22)10(17)13(20)18-12(16(23)24)9-5-3-2-4-6-9/h2-6,8,10,12,14H,7,17H2,1H3,(H,18,20)(H,21,22)(H,23,24). The summed E-state index contributed by atoms with van der Waals surface area (Å²) in [4.78, 5) is 39.1. The summed E-state index contributed by atoms with van der Waals surface area (Å²) in [5.74, 6) is -2.83. The number of carbonyl (C=O) groups is 3. The predicted molar refractivity (Wildman–Crippen MR) is 93.4 cm³/mol. The van der Waals surface area contributed by atoms with Crippen molar-refractivity contribution in [3.05, 3.63) is 35.9 Å². The maximum Gasteiger partial charge on any atom is 0.350 e. The van der Waals surface area contributed by atoms with Crippen LogP contribution in [0.2, 0.25) is 0 Å². The summed E-state index contributed by atoms with van der Waals surface area (Å²) in [6, 6.07) is 5.84. The molecule has 0 aromatic heterocycles. The van der Waals surface area contributed by atoms with Crippen LogP contribution in [0.5, 0.6) is 0 Å². The van der Waals surface area contributed by atoms with E-state index in [1.54, 1.807) is 37.3 Å². The minimum atomic E-state index is -1.24. The van der Waals surface area contributed by atoms with E-state index in [-0.39, 0.29) is 11.6 Å². The van der Waals surface area contributed by atoms with E-state index in [1.807, 2.05) is 0 Å². The van der Waals surface area contributed by atoms with Gasteiger partial charge in [0.15, 0.2) is 6.04 Å². The lowest BCUT2D eigenvalue weighted by Crippen LogP contribution is -2.50. The van der Waals surface area contributed by atoms with Crippen molar-refractivity contribution in [1.29, 1.82) is 0 Å². The first kappa shape index (κ1) is 18.9. The molecule has 0 radical (unpaired) electrons. The molecule has 1 aromatic carbocycles. The molecule has 0 aliphatic carbocycles. The lowest BCUT2D eigenvalue weighted by Gasteiger charge is -2.27. The summed E-state index contributed by atoms with van der Waals surface area (Å²) < 4.78 is 0. The molecule has 4 atom stereocenters. The third-order valence-corrected chi connectivity index (χ3v) is 5.18. The molecule has 0 bridgehead atoms. The van der Waals surface area contributed by atoms with Crippen molar-refractivity contribution < 1.29 is 24.6 Å².